The van der Waals surface area contributed by atoms with E-state index in [4.69, 9.17) is 4.74 Å². The van der Waals surface area contributed by atoms with Gasteiger partial charge < -0.3 is 10.1 Å². The lowest BCUT2D eigenvalue weighted by Gasteiger charge is -2.09. The maximum Gasteiger partial charge on any atom is 0.246 e. The molecule has 0 radical (unpaired) electrons. The Morgan fingerprint density at radius 2 is 2.12 bits per heavy atom. The summed E-state index contributed by atoms with van der Waals surface area (Å²) < 4.78 is 5.52. The van der Waals surface area contributed by atoms with Crippen molar-refractivity contribution in [3.05, 3.63) is 42.0 Å². The van der Waals surface area contributed by atoms with Crippen LogP contribution in [0.25, 0.3) is 0 Å². The quantitative estimate of drug-likeness (QED) is 0.608. The number of amides is 1. The van der Waals surface area contributed by atoms with Crippen molar-refractivity contribution >= 4 is 5.91 Å². The average molecular weight is 219 g/mol. The normalized spacial score (nSPS) is 9.62. The number of rotatable bonds is 5. The van der Waals surface area contributed by atoms with Crippen molar-refractivity contribution in [3.8, 4) is 5.75 Å². The molecule has 1 rings (SSSR count). The highest BCUT2D eigenvalue weighted by molar-refractivity contribution is 5.92. The molecule has 1 N–H and O–H groups in total. The molecule has 0 aliphatic carbocycles. The molecule has 0 aliphatic rings. The summed E-state index contributed by atoms with van der Waals surface area (Å²) in [7, 11) is 0. The molecule has 86 valence electrons. The number of nitrogens with one attached hydrogen (secondary N) is 1. The van der Waals surface area contributed by atoms with Crippen LogP contribution in [0.3, 0.4) is 0 Å². The van der Waals surface area contributed by atoms with Gasteiger partial charge in [0.25, 0.3) is 0 Å². The summed E-state index contributed by atoms with van der Waals surface area (Å²) in [5.41, 5.74) is 1.60. The third-order valence-electron chi connectivity index (χ3n) is 2.13. The van der Waals surface area contributed by atoms with Gasteiger partial charge in [-0.05, 0) is 25.5 Å². The van der Waals surface area contributed by atoms with Crippen LogP contribution in [-0.2, 0) is 4.79 Å². The molecule has 3 nitrogen and oxygen atoms in total. The van der Waals surface area contributed by atoms with Crippen molar-refractivity contribution in [2.75, 3.05) is 13.2 Å². The Kier molecular flexibility index (Phi) is 4.58. The standard InChI is InChI=1S/C13H17NO2/c1-10(2)13(15)14-8-9-16-12-7-5-4-6-11(12)3/h4-7H,1,8-9H2,2-3H3,(H,14,15). The maximum atomic E-state index is 11.2. The fourth-order valence-corrected chi connectivity index (χ4v) is 1.19. The zero-order chi connectivity index (χ0) is 12.0. The number of hydrogen-bond acceptors (Lipinski definition) is 2. The molecule has 0 aromatic heterocycles. The van der Waals surface area contributed by atoms with Gasteiger partial charge in [0.15, 0.2) is 0 Å². The summed E-state index contributed by atoms with van der Waals surface area (Å²) in [4.78, 5) is 11.2. The van der Waals surface area contributed by atoms with Crippen LogP contribution in [0.4, 0.5) is 0 Å². The van der Waals surface area contributed by atoms with E-state index in [0.717, 1.165) is 11.3 Å². The van der Waals surface area contributed by atoms with Crippen molar-refractivity contribution in [3.63, 3.8) is 0 Å². The molecule has 16 heavy (non-hydrogen) atoms. The summed E-state index contributed by atoms with van der Waals surface area (Å²) in [6, 6.07) is 7.79. The van der Waals surface area contributed by atoms with E-state index >= 15 is 0 Å². The number of ether oxygens (including phenoxy) is 1. The Hall–Kier alpha value is -1.77. The van der Waals surface area contributed by atoms with Crippen molar-refractivity contribution in [2.24, 2.45) is 0 Å². The van der Waals surface area contributed by atoms with Gasteiger partial charge in [-0.1, -0.05) is 24.8 Å². The second kappa shape index (κ2) is 5.95. The van der Waals surface area contributed by atoms with E-state index in [2.05, 4.69) is 11.9 Å². The third-order valence-corrected chi connectivity index (χ3v) is 2.13. The van der Waals surface area contributed by atoms with E-state index in [1.165, 1.54) is 0 Å². The minimum absolute atomic E-state index is 0.131. The number of benzene rings is 1. The SMILES string of the molecule is C=C(C)C(=O)NCCOc1ccccc1C. The second-order valence-corrected chi connectivity index (χ2v) is 3.65. The molecule has 0 fully saturated rings. The van der Waals surface area contributed by atoms with Gasteiger partial charge in [0.1, 0.15) is 12.4 Å². The Labute approximate surface area is 96.1 Å². The van der Waals surface area contributed by atoms with Crippen LogP contribution in [0, 0.1) is 6.92 Å². The molecular weight excluding hydrogens is 202 g/mol. The van der Waals surface area contributed by atoms with Gasteiger partial charge in [0, 0.05) is 5.57 Å². The average Bonchev–Trinajstić information content (AvgIpc) is 2.26. The van der Waals surface area contributed by atoms with Crippen LogP contribution < -0.4 is 10.1 Å². The summed E-state index contributed by atoms with van der Waals surface area (Å²) in [6.07, 6.45) is 0. The van der Waals surface area contributed by atoms with E-state index < -0.39 is 0 Å². The van der Waals surface area contributed by atoms with Crippen molar-refractivity contribution < 1.29 is 9.53 Å². The van der Waals surface area contributed by atoms with E-state index in [9.17, 15) is 4.79 Å². The first-order valence-corrected chi connectivity index (χ1v) is 5.23. The van der Waals surface area contributed by atoms with E-state index in [-0.39, 0.29) is 5.91 Å². The van der Waals surface area contributed by atoms with Gasteiger partial charge in [-0.25, -0.2) is 0 Å². The molecule has 1 aromatic carbocycles. The van der Waals surface area contributed by atoms with Crippen LogP contribution >= 0.6 is 0 Å². The number of carbonyl (C=O) groups is 1. The van der Waals surface area contributed by atoms with E-state index in [0.29, 0.717) is 18.7 Å². The Balaban J connectivity index is 2.29. The van der Waals surface area contributed by atoms with Gasteiger partial charge in [-0.15, -0.1) is 0 Å². The van der Waals surface area contributed by atoms with Crippen LogP contribution in [0.1, 0.15) is 12.5 Å². The Morgan fingerprint density at radius 3 is 2.75 bits per heavy atom. The largest absolute Gasteiger partial charge is 0.491 e. The molecule has 0 aliphatic heterocycles. The summed E-state index contributed by atoms with van der Waals surface area (Å²) in [6.45, 7) is 8.17. The minimum atomic E-state index is -0.131. The molecule has 3 heteroatoms. The maximum absolute atomic E-state index is 11.2. The smallest absolute Gasteiger partial charge is 0.246 e. The molecular formula is C13H17NO2. The molecule has 0 bridgehead atoms. The first-order valence-electron chi connectivity index (χ1n) is 5.23. The van der Waals surface area contributed by atoms with E-state index in [1.54, 1.807) is 6.92 Å². The van der Waals surface area contributed by atoms with Gasteiger partial charge in [0.05, 0.1) is 6.54 Å². The summed E-state index contributed by atoms with van der Waals surface area (Å²) in [5.74, 6) is 0.723. The van der Waals surface area contributed by atoms with Gasteiger partial charge >= 0.3 is 0 Å². The lowest BCUT2D eigenvalue weighted by atomic mass is 10.2. The number of para-hydroxylation sites is 1. The van der Waals surface area contributed by atoms with Crippen LogP contribution in [0.5, 0.6) is 5.75 Å². The Morgan fingerprint density at radius 1 is 1.44 bits per heavy atom. The summed E-state index contributed by atoms with van der Waals surface area (Å²) >= 11 is 0. The topological polar surface area (TPSA) is 38.3 Å². The first kappa shape index (κ1) is 12.3. The minimum Gasteiger partial charge on any atom is -0.491 e. The van der Waals surface area contributed by atoms with Crippen LogP contribution in [-0.4, -0.2) is 19.1 Å². The number of carbonyl (C=O) groups excluding carboxylic acids is 1. The highest BCUT2D eigenvalue weighted by Crippen LogP contribution is 2.15. The molecule has 0 spiro atoms. The molecule has 1 aromatic rings. The lowest BCUT2D eigenvalue weighted by molar-refractivity contribution is -0.117. The fraction of sp³-hybridized carbons (Fsp3) is 0.308. The fourth-order valence-electron chi connectivity index (χ4n) is 1.19. The predicted octanol–water partition coefficient (Wildman–Crippen LogP) is 2.07. The molecule has 0 atom stereocenters. The first-order chi connectivity index (χ1) is 7.61. The molecule has 1 amide bonds. The second-order valence-electron chi connectivity index (χ2n) is 3.65. The zero-order valence-corrected chi connectivity index (χ0v) is 9.75. The number of hydrogen-bond donors (Lipinski definition) is 1. The van der Waals surface area contributed by atoms with Gasteiger partial charge in [-0.2, -0.15) is 0 Å². The van der Waals surface area contributed by atoms with Crippen LogP contribution in [0.2, 0.25) is 0 Å². The molecule has 0 saturated heterocycles. The van der Waals surface area contributed by atoms with Crippen molar-refractivity contribution in [2.45, 2.75) is 13.8 Å². The van der Waals surface area contributed by atoms with Crippen LogP contribution in [0.15, 0.2) is 36.4 Å². The highest BCUT2D eigenvalue weighted by Gasteiger charge is 2.01. The molecule has 0 heterocycles. The van der Waals surface area contributed by atoms with Gasteiger partial charge in [-0.3, -0.25) is 4.79 Å². The monoisotopic (exact) mass is 219 g/mol. The van der Waals surface area contributed by atoms with Crippen molar-refractivity contribution in [1.29, 1.82) is 0 Å². The third kappa shape index (κ3) is 3.77. The summed E-state index contributed by atoms with van der Waals surface area (Å²) in [5, 5.41) is 2.71. The highest BCUT2D eigenvalue weighted by atomic mass is 16.5. The van der Waals surface area contributed by atoms with Gasteiger partial charge in [0.2, 0.25) is 5.91 Å². The number of aryl methyl sites for hydroxylation is 1. The predicted molar refractivity (Wildman–Crippen MR) is 64.5 cm³/mol. The van der Waals surface area contributed by atoms with E-state index in [1.807, 2.05) is 31.2 Å². The molecule has 0 saturated carbocycles. The Bertz CT molecular complexity index is 385. The molecule has 0 unspecified atom stereocenters. The zero-order valence-electron chi connectivity index (χ0n) is 9.75. The van der Waals surface area contributed by atoms with Crippen molar-refractivity contribution in [1.82, 2.24) is 5.32 Å². The lowest BCUT2D eigenvalue weighted by Crippen LogP contribution is -2.28.